The minimum absolute atomic E-state index is 0.473. The Morgan fingerprint density at radius 2 is 2.18 bits per heavy atom. The fraction of sp³-hybridized carbons (Fsp3) is 0.583. The van der Waals surface area contributed by atoms with E-state index in [1.54, 1.807) is 0 Å². The van der Waals surface area contributed by atoms with Gasteiger partial charge in [0.1, 0.15) is 17.3 Å². The van der Waals surface area contributed by atoms with Crippen molar-refractivity contribution in [2.24, 2.45) is 5.92 Å². The first-order chi connectivity index (χ1) is 8.06. The normalized spacial score (nSPS) is 10.4. The standard InChI is InChI=1S/C12H17ClN4/c1-9(2)7-17(6-4-5-14)12-10(3)11(13)15-8-16-12/h8-9H,4,6-7H2,1-3H3. The van der Waals surface area contributed by atoms with Gasteiger partial charge in [-0.2, -0.15) is 5.26 Å². The van der Waals surface area contributed by atoms with E-state index in [9.17, 15) is 0 Å². The Bertz CT molecular complexity index is 411. The molecule has 0 saturated carbocycles. The van der Waals surface area contributed by atoms with Crippen LogP contribution >= 0.6 is 11.6 Å². The molecule has 0 N–H and O–H groups in total. The van der Waals surface area contributed by atoms with E-state index in [0.717, 1.165) is 17.9 Å². The topological polar surface area (TPSA) is 52.8 Å². The predicted molar refractivity (Wildman–Crippen MR) is 69.1 cm³/mol. The van der Waals surface area contributed by atoms with Crippen molar-refractivity contribution in [3.05, 3.63) is 17.0 Å². The lowest BCUT2D eigenvalue weighted by Gasteiger charge is -2.26. The maximum Gasteiger partial charge on any atom is 0.137 e. The fourth-order valence-electron chi connectivity index (χ4n) is 1.65. The molecule has 5 heteroatoms. The Morgan fingerprint density at radius 1 is 1.47 bits per heavy atom. The summed E-state index contributed by atoms with van der Waals surface area (Å²) in [6, 6.07) is 2.16. The average Bonchev–Trinajstić information content (AvgIpc) is 2.28. The highest BCUT2D eigenvalue weighted by Gasteiger charge is 2.14. The van der Waals surface area contributed by atoms with Crippen LogP contribution in [-0.2, 0) is 0 Å². The molecule has 0 saturated heterocycles. The third-order valence-electron chi connectivity index (χ3n) is 2.37. The summed E-state index contributed by atoms with van der Waals surface area (Å²) in [5.41, 5.74) is 0.868. The molecule has 0 unspecified atom stereocenters. The predicted octanol–water partition coefficient (Wildman–Crippen LogP) is 2.81. The minimum Gasteiger partial charge on any atom is -0.355 e. The Morgan fingerprint density at radius 3 is 2.76 bits per heavy atom. The zero-order valence-corrected chi connectivity index (χ0v) is 11.2. The number of aromatic nitrogens is 2. The van der Waals surface area contributed by atoms with Crippen LogP contribution < -0.4 is 4.90 Å². The molecule has 0 radical (unpaired) electrons. The smallest absolute Gasteiger partial charge is 0.137 e. The second-order valence-electron chi connectivity index (χ2n) is 4.36. The molecule has 0 aliphatic rings. The molecule has 17 heavy (non-hydrogen) atoms. The van der Waals surface area contributed by atoms with Gasteiger partial charge in [-0.25, -0.2) is 9.97 Å². The lowest BCUT2D eigenvalue weighted by atomic mass is 10.2. The quantitative estimate of drug-likeness (QED) is 0.756. The third kappa shape index (κ3) is 3.86. The molecule has 0 aromatic carbocycles. The lowest BCUT2D eigenvalue weighted by molar-refractivity contribution is 0.606. The molecule has 4 nitrogen and oxygen atoms in total. The van der Waals surface area contributed by atoms with Gasteiger partial charge in [0.2, 0.25) is 0 Å². The Balaban J connectivity index is 2.95. The zero-order chi connectivity index (χ0) is 12.8. The highest BCUT2D eigenvalue weighted by Crippen LogP contribution is 2.22. The lowest BCUT2D eigenvalue weighted by Crippen LogP contribution is -2.30. The second-order valence-corrected chi connectivity index (χ2v) is 4.72. The molecule has 0 fully saturated rings. The van der Waals surface area contributed by atoms with Crippen LogP contribution in [0.15, 0.2) is 6.33 Å². The minimum atomic E-state index is 0.473. The zero-order valence-electron chi connectivity index (χ0n) is 10.4. The summed E-state index contributed by atoms with van der Waals surface area (Å²) >= 11 is 5.99. The monoisotopic (exact) mass is 252 g/mol. The molecule has 1 aromatic rings. The van der Waals surface area contributed by atoms with Crippen LogP contribution in [0.4, 0.5) is 5.82 Å². The van der Waals surface area contributed by atoms with E-state index in [1.807, 2.05) is 6.92 Å². The molecule has 0 spiro atoms. The summed E-state index contributed by atoms with van der Waals surface area (Å²) in [5, 5.41) is 9.16. The van der Waals surface area contributed by atoms with Crippen molar-refractivity contribution < 1.29 is 0 Å². The van der Waals surface area contributed by atoms with Crippen molar-refractivity contribution in [1.29, 1.82) is 5.26 Å². The molecular formula is C12H17ClN4. The van der Waals surface area contributed by atoms with E-state index in [1.165, 1.54) is 6.33 Å². The number of nitriles is 1. The largest absolute Gasteiger partial charge is 0.355 e. The first kappa shape index (κ1) is 13.7. The Labute approximate surface area is 107 Å². The van der Waals surface area contributed by atoms with Gasteiger partial charge in [0, 0.05) is 18.7 Å². The molecule has 0 aliphatic carbocycles. The molecular weight excluding hydrogens is 236 g/mol. The summed E-state index contributed by atoms with van der Waals surface area (Å²) < 4.78 is 0. The van der Waals surface area contributed by atoms with E-state index in [0.29, 0.717) is 24.0 Å². The van der Waals surface area contributed by atoms with Gasteiger partial charge in [0.15, 0.2) is 0 Å². The van der Waals surface area contributed by atoms with E-state index < -0.39 is 0 Å². The van der Waals surface area contributed by atoms with Gasteiger partial charge in [0.05, 0.1) is 12.5 Å². The van der Waals surface area contributed by atoms with E-state index in [2.05, 4.69) is 34.8 Å². The maximum absolute atomic E-state index is 8.68. The average molecular weight is 253 g/mol. The molecule has 92 valence electrons. The molecule has 1 heterocycles. The van der Waals surface area contributed by atoms with Crippen LogP contribution in [0.1, 0.15) is 25.8 Å². The second kappa shape index (κ2) is 6.41. The first-order valence-corrected chi connectivity index (χ1v) is 6.03. The van der Waals surface area contributed by atoms with Gasteiger partial charge >= 0.3 is 0 Å². The number of hydrogen-bond donors (Lipinski definition) is 0. The molecule has 1 aromatic heterocycles. The first-order valence-electron chi connectivity index (χ1n) is 5.65. The Hall–Kier alpha value is -1.34. The highest BCUT2D eigenvalue weighted by atomic mass is 35.5. The maximum atomic E-state index is 8.68. The fourth-order valence-corrected chi connectivity index (χ4v) is 1.78. The summed E-state index contributed by atoms with van der Waals surface area (Å²) in [6.45, 7) is 7.70. The SMILES string of the molecule is Cc1c(Cl)ncnc1N(CCC#N)CC(C)C. The van der Waals surface area contributed by atoms with Gasteiger partial charge in [-0.05, 0) is 12.8 Å². The Kier molecular flexibility index (Phi) is 5.17. The van der Waals surface area contributed by atoms with E-state index in [-0.39, 0.29) is 0 Å². The molecule has 0 bridgehead atoms. The van der Waals surface area contributed by atoms with Crippen LogP contribution in [0.2, 0.25) is 5.15 Å². The summed E-state index contributed by atoms with van der Waals surface area (Å²) in [7, 11) is 0. The van der Waals surface area contributed by atoms with Gasteiger partial charge in [0.25, 0.3) is 0 Å². The number of rotatable bonds is 5. The molecule has 0 aliphatic heterocycles. The van der Waals surface area contributed by atoms with Crippen LogP contribution in [0.5, 0.6) is 0 Å². The molecule has 0 amide bonds. The molecule has 0 atom stereocenters. The van der Waals surface area contributed by atoms with Crippen molar-refractivity contribution >= 4 is 17.4 Å². The van der Waals surface area contributed by atoms with Crippen LogP contribution in [0.25, 0.3) is 0 Å². The van der Waals surface area contributed by atoms with Crippen molar-refractivity contribution in [3.63, 3.8) is 0 Å². The van der Waals surface area contributed by atoms with Crippen LogP contribution in [-0.4, -0.2) is 23.1 Å². The summed E-state index contributed by atoms with van der Waals surface area (Å²) in [5.74, 6) is 1.33. The van der Waals surface area contributed by atoms with Crippen molar-refractivity contribution in [2.45, 2.75) is 27.2 Å². The van der Waals surface area contributed by atoms with Crippen molar-refractivity contribution in [2.75, 3.05) is 18.0 Å². The van der Waals surface area contributed by atoms with E-state index in [4.69, 9.17) is 16.9 Å². The van der Waals surface area contributed by atoms with Crippen molar-refractivity contribution in [1.82, 2.24) is 9.97 Å². The summed E-state index contributed by atoms with van der Waals surface area (Å²) in [4.78, 5) is 10.3. The number of halogens is 1. The van der Waals surface area contributed by atoms with Gasteiger partial charge < -0.3 is 4.90 Å². The van der Waals surface area contributed by atoms with Gasteiger partial charge in [-0.15, -0.1) is 0 Å². The molecule has 1 rings (SSSR count). The van der Waals surface area contributed by atoms with Gasteiger partial charge in [-0.3, -0.25) is 0 Å². The highest BCUT2D eigenvalue weighted by molar-refractivity contribution is 6.30. The van der Waals surface area contributed by atoms with Gasteiger partial charge in [-0.1, -0.05) is 25.4 Å². The van der Waals surface area contributed by atoms with Crippen molar-refractivity contribution in [3.8, 4) is 6.07 Å². The van der Waals surface area contributed by atoms with E-state index >= 15 is 0 Å². The number of hydrogen-bond acceptors (Lipinski definition) is 4. The summed E-state index contributed by atoms with van der Waals surface area (Å²) in [6.07, 6.45) is 1.94. The van der Waals surface area contributed by atoms with Crippen LogP contribution in [0, 0.1) is 24.2 Å². The number of nitrogens with zero attached hydrogens (tertiary/aromatic N) is 4. The van der Waals surface area contributed by atoms with Crippen LogP contribution in [0.3, 0.4) is 0 Å². The number of anilines is 1. The third-order valence-corrected chi connectivity index (χ3v) is 2.76.